The van der Waals surface area contributed by atoms with E-state index in [0.717, 1.165) is 0 Å². The Bertz CT molecular complexity index is 465. The van der Waals surface area contributed by atoms with Crippen molar-refractivity contribution in [2.45, 2.75) is 38.5 Å². The van der Waals surface area contributed by atoms with Gasteiger partial charge in [0.25, 0.3) is 0 Å². The Labute approximate surface area is 110 Å². The molecular weight excluding hydrogens is 251 g/mol. The van der Waals surface area contributed by atoms with Crippen molar-refractivity contribution in [3.05, 3.63) is 35.1 Å². The fourth-order valence-electron chi connectivity index (χ4n) is 1.35. The second kappa shape index (κ2) is 5.70. The molecule has 0 aliphatic rings. The number of halogens is 1. The maximum atomic E-state index is 13.7. The lowest BCUT2D eigenvalue weighted by atomic mass is 10.1. The summed E-state index contributed by atoms with van der Waals surface area (Å²) in [5.74, 6) is -0.458. The van der Waals surface area contributed by atoms with Crippen LogP contribution in [0.15, 0.2) is 18.2 Å². The molecule has 3 nitrogen and oxygen atoms in total. The molecule has 5 heteroatoms. The van der Waals surface area contributed by atoms with Crippen LogP contribution in [-0.4, -0.2) is 9.30 Å². The quantitative estimate of drug-likeness (QED) is 0.857. The summed E-state index contributed by atoms with van der Waals surface area (Å²) < 4.78 is 28.1. The Morgan fingerprint density at radius 2 is 2.06 bits per heavy atom. The number of nitrogens with zero attached hydrogens (tertiary/aromatic N) is 1. The summed E-state index contributed by atoms with van der Waals surface area (Å²) in [5.41, 5.74) is 0.687. The molecule has 0 amide bonds. The Balaban J connectivity index is 2.86. The number of nitriles is 1. The van der Waals surface area contributed by atoms with Crippen molar-refractivity contribution in [3.63, 3.8) is 0 Å². The summed E-state index contributed by atoms with van der Waals surface area (Å²) in [6.07, 6.45) is 0. The number of hydrogen-bond acceptors (Lipinski definition) is 3. The van der Waals surface area contributed by atoms with Crippen LogP contribution in [0.4, 0.5) is 4.39 Å². The van der Waals surface area contributed by atoms with E-state index in [1.54, 1.807) is 19.1 Å². The average molecular weight is 268 g/mol. The van der Waals surface area contributed by atoms with E-state index < -0.39 is 21.9 Å². The van der Waals surface area contributed by atoms with Crippen molar-refractivity contribution < 1.29 is 8.94 Å². The van der Waals surface area contributed by atoms with Crippen LogP contribution < -0.4 is 4.72 Å². The first kappa shape index (κ1) is 15.0. The third kappa shape index (κ3) is 3.70. The molecule has 1 aromatic carbocycles. The Kier molecular flexibility index (Phi) is 4.74. The third-order valence-electron chi connectivity index (χ3n) is 2.44. The zero-order chi connectivity index (χ0) is 13.9. The molecule has 98 valence electrons. The van der Waals surface area contributed by atoms with E-state index in [9.17, 15) is 8.94 Å². The van der Waals surface area contributed by atoms with Gasteiger partial charge in [-0.05, 0) is 39.8 Å². The Morgan fingerprint density at radius 1 is 1.44 bits per heavy atom. The first-order valence-electron chi connectivity index (χ1n) is 5.63. The van der Waals surface area contributed by atoms with Crippen LogP contribution in [0.5, 0.6) is 0 Å². The molecule has 0 aliphatic heterocycles. The molecule has 1 rings (SSSR count). The van der Waals surface area contributed by atoms with E-state index in [1.165, 1.54) is 6.07 Å². The molecule has 2 atom stereocenters. The molecule has 0 aromatic heterocycles. The van der Waals surface area contributed by atoms with Gasteiger partial charge in [0.1, 0.15) is 10.6 Å². The fraction of sp³-hybridized carbons (Fsp3) is 0.462. The van der Waals surface area contributed by atoms with Crippen molar-refractivity contribution in [1.82, 2.24) is 4.72 Å². The molecule has 1 unspecified atom stereocenters. The number of hydrogen-bond donors (Lipinski definition) is 1. The summed E-state index contributed by atoms with van der Waals surface area (Å²) in [5, 5.41) is 8.66. The van der Waals surface area contributed by atoms with Gasteiger partial charge in [-0.25, -0.2) is 4.39 Å². The minimum Gasteiger partial charge on any atom is -0.598 e. The number of rotatable bonds is 3. The van der Waals surface area contributed by atoms with Crippen LogP contribution in [0.3, 0.4) is 0 Å². The van der Waals surface area contributed by atoms with Crippen molar-refractivity contribution in [2.75, 3.05) is 0 Å². The summed E-state index contributed by atoms with van der Waals surface area (Å²) in [6, 6.07) is 5.79. The molecule has 0 saturated heterocycles. The van der Waals surface area contributed by atoms with Crippen molar-refractivity contribution in [3.8, 4) is 6.07 Å². The zero-order valence-electron chi connectivity index (χ0n) is 11.0. The van der Waals surface area contributed by atoms with E-state index in [-0.39, 0.29) is 11.6 Å². The number of nitrogens with one attached hydrogen (secondary N) is 1. The first-order chi connectivity index (χ1) is 8.25. The Hall–Kier alpha value is -1.09. The summed E-state index contributed by atoms with van der Waals surface area (Å²) in [6.45, 7) is 7.28. The normalized spacial score (nSPS) is 14.9. The molecule has 0 radical (unpaired) electrons. The smallest absolute Gasteiger partial charge is 0.136 e. The molecule has 0 aliphatic carbocycles. The summed E-state index contributed by atoms with van der Waals surface area (Å²) in [7, 11) is 0. The highest BCUT2D eigenvalue weighted by Gasteiger charge is 2.29. The second-order valence-electron chi connectivity index (χ2n) is 5.07. The van der Waals surface area contributed by atoms with Gasteiger partial charge in [0.05, 0.1) is 17.7 Å². The van der Waals surface area contributed by atoms with Gasteiger partial charge < -0.3 is 4.55 Å². The molecule has 1 aromatic rings. The summed E-state index contributed by atoms with van der Waals surface area (Å²) in [4.78, 5) is 0. The lowest BCUT2D eigenvalue weighted by Crippen LogP contribution is -2.40. The fourth-order valence-corrected chi connectivity index (χ4v) is 2.15. The van der Waals surface area contributed by atoms with Crippen LogP contribution in [0.2, 0.25) is 0 Å². The van der Waals surface area contributed by atoms with Crippen LogP contribution in [0.1, 0.15) is 44.9 Å². The van der Waals surface area contributed by atoms with Crippen LogP contribution in [0.25, 0.3) is 0 Å². The standard InChI is InChI=1S/C13H17FN2OS/c1-9(16-18(17)13(2,3)4)11-6-5-10(8-15)7-12(11)14/h5-7,9,16H,1-4H3/t9-,18?/m0/s1. The summed E-state index contributed by atoms with van der Waals surface area (Å²) >= 11 is -1.26. The average Bonchev–Trinajstić information content (AvgIpc) is 2.27. The topological polar surface area (TPSA) is 58.9 Å². The molecule has 0 heterocycles. The van der Waals surface area contributed by atoms with Crippen molar-refractivity contribution >= 4 is 11.4 Å². The predicted molar refractivity (Wildman–Crippen MR) is 70.6 cm³/mol. The molecule has 1 N–H and O–H groups in total. The largest absolute Gasteiger partial charge is 0.598 e. The van der Waals surface area contributed by atoms with E-state index >= 15 is 0 Å². The van der Waals surface area contributed by atoms with Crippen LogP contribution in [-0.2, 0) is 11.4 Å². The molecule has 0 spiro atoms. The molecule has 18 heavy (non-hydrogen) atoms. The second-order valence-corrected chi connectivity index (χ2v) is 7.07. The molecular formula is C13H17FN2OS. The van der Waals surface area contributed by atoms with E-state index in [2.05, 4.69) is 4.72 Å². The molecule has 0 saturated carbocycles. The lowest BCUT2D eigenvalue weighted by molar-refractivity contribution is 0.522. The van der Waals surface area contributed by atoms with Crippen LogP contribution in [0, 0.1) is 17.1 Å². The Morgan fingerprint density at radius 3 is 2.50 bits per heavy atom. The van der Waals surface area contributed by atoms with Gasteiger partial charge in [0.2, 0.25) is 0 Å². The third-order valence-corrected chi connectivity index (χ3v) is 4.12. The minimum atomic E-state index is -1.26. The molecule has 0 fully saturated rings. The highest BCUT2D eigenvalue weighted by molar-refractivity contribution is 7.90. The lowest BCUT2D eigenvalue weighted by Gasteiger charge is -2.26. The van der Waals surface area contributed by atoms with Gasteiger partial charge in [-0.1, -0.05) is 6.07 Å². The van der Waals surface area contributed by atoms with Crippen molar-refractivity contribution in [1.29, 1.82) is 5.26 Å². The van der Waals surface area contributed by atoms with Gasteiger partial charge in [-0.15, -0.1) is 4.72 Å². The van der Waals surface area contributed by atoms with Gasteiger partial charge in [-0.2, -0.15) is 5.26 Å². The maximum absolute atomic E-state index is 13.7. The van der Waals surface area contributed by atoms with Gasteiger partial charge in [0, 0.05) is 16.9 Å². The highest BCUT2D eigenvalue weighted by atomic mass is 32.2. The first-order valence-corrected chi connectivity index (χ1v) is 6.78. The SMILES string of the molecule is C[C@H](N[S+]([O-])C(C)(C)C)c1ccc(C#N)cc1F. The predicted octanol–water partition coefficient (Wildman–Crippen LogP) is 2.81. The monoisotopic (exact) mass is 268 g/mol. The van der Waals surface area contributed by atoms with E-state index in [4.69, 9.17) is 5.26 Å². The zero-order valence-corrected chi connectivity index (χ0v) is 11.8. The van der Waals surface area contributed by atoms with E-state index in [1.807, 2.05) is 26.8 Å². The highest BCUT2D eigenvalue weighted by Crippen LogP contribution is 2.22. The van der Waals surface area contributed by atoms with Crippen LogP contribution >= 0.6 is 0 Å². The van der Waals surface area contributed by atoms with E-state index in [0.29, 0.717) is 5.56 Å². The minimum absolute atomic E-state index is 0.278. The number of benzene rings is 1. The van der Waals surface area contributed by atoms with Gasteiger partial charge in [0.15, 0.2) is 0 Å². The molecule has 0 bridgehead atoms. The maximum Gasteiger partial charge on any atom is 0.136 e. The van der Waals surface area contributed by atoms with Gasteiger partial charge >= 0.3 is 0 Å². The van der Waals surface area contributed by atoms with Gasteiger partial charge in [-0.3, -0.25) is 0 Å². The van der Waals surface area contributed by atoms with Crippen molar-refractivity contribution in [2.24, 2.45) is 0 Å².